The first-order chi connectivity index (χ1) is 21.2. The summed E-state index contributed by atoms with van der Waals surface area (Å²) in [6.45, 7) is 0. The summed E-state index contributed by atoms with van der Waals surface area (Å²) in [6.07, 6.45) is 0.491. The Balaban J connectivity index is 1.09. The van der Waals surface area contributed by atoms with Gasteiger partial charge in [0.2, 0.25) is 5.91 Å². The van der Waals surface area contributed by atoms with E-state index in [4.69, 9.17) is 16.3 Å². The maximum atomic E-state index is 12.8. The summed E-state index contributed by atoms with van der Waals surface area (Å²) in [4.78, 5) is 17.0. The highest BCUT2D eigenvalue weighted by molar-refractivity contribution is 7.17. The Morgan fingerprint density at radius 1 is 0.818 bits per heavy atom. The zero-order chi connectivity index (χ0) is 30.7. The van der Waals surface area contributed by atoms with E-state index in [1.165, 1.54) is 18.2 Å². The molecule has 4 nitrogen and oxygen atoms in total. The standard InChI is InChI=1S/C35H22ClF3N2O2S/c36-31-19-26-16-18-44-33(26)21-25(31)5-14-34(42)41-28-8-1-22(2-9-28)24-15-17-40-32(20-24)23-3-10-29(11-4-23)43-30-12-6-27(7-13-30)35(37,38)39/h1-21H,(H,41,42)/b14-5+. The molecule has 0 aliphatic rings. The molecule has 0 saturated heterocycles. The van der Waals surface area contributed by atoms with Crippen molar-refractivity contribution in [2.24, 2.45) is 0 Å². The molecule has 0 unspecified atom stereocenters. The van der Waals surface area contributed by atoms with Crippen LogP contribution >= 0.6 is 22.9 Å². The summed E-state index contributed by atoms with van der Waals surface area (Å²) >= 11 is 7.98. The van der Waals surface area contributed by atoms with Crippen LogP contribution < -0.4 is 10.1 Å². The quantitative estimate of drug-likeness (QED) is 0.179. The van der Waals surface area contributed by atoms with Gasteiger partial charge in [0.1, 0.15) is 11.5 Å². The lowest BCUT2D eigenvalue weighted by atomic mass is 10.0. The van der Waals surface area contributed by atoms with E-state index in [0.717, 1.165) is 50.2 Å². The molecule has 4 aromatic carbocycles. The molecule has 0 fully saturated rings. The Morgan fingerprint density at radius 2 is 1.50 bits per heavy atom. The van der Waals surface area contributed by atoms with Crippen molar-refractivity contribution in [3.05, 3.63) is 137 Å². The van der Waals surface area contributed by atoms with Crippen molar-refractivity contribution in [1.82, 2.24) is 4.98 Å². The fourth-order valence-corrected chi connectivity index (χ4v) is 5.58. The van der Waals surface area contributed by atoms with Crippen LogP contribution in [0.5, 0.6) is 11.5 Å². The number of halogens is 4. The van der Waals surface area contributed by atoms with Gasteiger partial charge in [-0.3, -0.25) is 9.78 Å². The van der Waals surface area contributed by atoms with Crippen LogP contribution in [0, 0.1) is 0 Å². The number of aromatic nitrogens is 1. The molecule has 218 valence electrons. The second-order valence-corrected chi connectivity index (χ2v) is 11.2. The number of thiophene rings is 1. The van der Waals surface area contributed by atoms with Gasteiger partial charge in [-0.15, -0.1) is 11.3 Å². The number of carbonyl (C=O) groups excluding carboxylic acids is 1. The lowest BCUT2D eigenvalue weighted by Crippen LogP contribution is -2.07. The number of nitrogens with zero attached hydrogens (tertiary/aromatic N) is 1. The van der Waals surface area contributed by atoms with Crippen LogP contribution in [-0.2, 0) is 11.0 Å². The minimum Gasteiger partial charge on any atom is -0.457 e. The van der Waals surface area contributed by atoms with E-state index >= 15 is 0 Å². The van der Waals surface area contributed by atoms with Crippen molar-refractivity contribution in [2.75, 3.05) is 5.32 Å². The Kier molecular flexibility index (Phi) is 8.19. The number of pyridine rings is 1. The molecule has 1 amide bonds. The molecule has 0 atom stereocenters. The first-order valence-corrected chi connectivity index (χ1v) is 14.6. The van der Waals surface area contributed by atoms with Gasteiger partial charge in [-0.05, 0) is 125 Å². The minimum absolute atomic E-state index is 0.267. The van der Waals surface area contributed by atoms with Crippen LogP contribution in [0.3, 0.4) is 0 Å². The second kappa shape index (κ2) is 12.4. The first-order valence-electron chi connectivity index (χ1n) is 13.4. The van der Waals surface area contributed by atoms with Gasteiger partial charge in [-0.25, -0.2) is 0 Å². The minimum atomic E-state index is -4.40. The fourth-order valence-electron chi connectivity index (χ4n) is 4.53. The largest absolute Gasteiger partial charge is 0.457 e. The summed E-state index contributed by atoms with van der Waals surface area (Å²) in [5.74, 6) is 0.530. The Labute approximate surface area is 260 Å². The summed E-state index contributed by atoms with van der Waals surface area (Å²) in [5, 5.41) is 6.53. The number of anilines is 1. The summed E-state index contributed by atoms with van der Waals surface area (Å²) < 4.78 is 45.2. The van der Waals surface area contributed by atoms with E-state index in [2.05, 4.69) is 10.3 Å². The molecule has 0 bridgehead atoms. The zero-order valence-electron chi connectivity index (χ0n) is 22.8. The molecule has 6 aromatic rings. The predicted molar refractivity (Wildman–Crippen MR) is 171 cm³/mol. The van der Waals surface area contributed by atoms with Crippen molar-refractivity contribution in [3.63, 3.8) is 0 Å². The third kappa shape index (κ3) is 6.83. The van der Waals surface area contributed by atoms with Gasteiger partial charge < -0.3 is 10.1 Å². The number of amides is 1. The van der Waals surface area contributed by atoms with Gasteiger partial charge in [-0.1, -0.05) is 23.7 Å². The molecule has 6 rings (SSSR count). The number of ether oxygens (including phenoxy) is 1. The highest BCUT2D eigenvalue weighted by atomic mass is 35.5. The van der Waals surface area contributed by atoms with Crippen molar-refractivity contribution in [2.45, 2.75) is 6.18 Å². The maximum Gasteiger partial charge on any atom is 0.416 e. The third-order valence-electron chi connectivity index (χ3n) is 6.80. The van der Waals surface area contributed by atoms with E-state index in [-0.39, 0.29) is 5.91 Å². The molecule has 0 saturated carbocycles. The smallest absolute Gasteiger partial charge is 0.416 e. The van der Waals surface area contributed by atoms with Gasteiger partial charge >= 0.3 is 6.18 Å². The SMILES string of the molecule is O=C(/C=C/c1cc2sccc2cc1Cl)Nc1ccc(-c2ccnc(-c3ccc(Oc4ccc(C(F)(F)F)cc4)cc3)c2)cc1. The van der Waals surface area contributed by atoms with E-state index in [0.29, 0.717) is 22.2 Å². The number of nitrogens with one attached hydrogen (secondary N) is 1. The van der Waals surface area contributed by atoms with E-state index in [1.807, 2.05) is 72.1 Å². The van der Waals surface area contributed by atoms with Gasteiger partial charge in [0.25, 0.3) is 0 Å². The molecule has 44 heavy (non-hydrogen) atoms. The fraction of sp³-hybridized carbons (Fsp3) is 0.0286. The second-order valence-electron chi connectivity index (χ2n) is 9.81. The summed E-state index contributed by atoms with van der Waals surface area (Å²) in [7, 11) is 0. The Hall–Kier alpha value is -4.92. The van der Waals surface area contributed by atoms with Crippen LogP contribution in [0.4, 0.5) is 18.9 Å². The monoisotopic (exact) mass is 626 g/mol. The zero-order valence-corrected chi connectivity index (χ0v) is 24.4. The molecule has 0 spiro atoms. The van der Waals surface area contributed by atoms with Crippen LogP contribution in [0.1, 0.15) is 11.1 Å². The van der Waals surface area contributed by atoms with Gasteiger partial charge in [0.15, 0.2) is 0 Å². The highest BCUT2D eigenvalue weighted by Gasteiger charge is 2.30. The first kappa shape index (κ1) is 29.2. The topological polar surface area (TPSA) is 51.2 Å². The van der Waals surface area contributed by atoms with E-state index < -0.39 is 11.7 Å². The lowest BCUT2D eigenvalue weighted by Gasteiger charge is -2.10. The number of alkyl halides is 3. The van der Waals surface area contributed by atoms with Crippen LogP contribution in [0.25, 0.3) is 38.5 Å². The number of carbonyl (C=O) groups is 1. The van der Waals surface area contributed by atoms with Crippen LogP contribution in [0.15, 0.2) is 121 Å². The number of hydrogen-bond donors (Lipinski definition) is 1. The average molecular weight is 627 g/mol. The van der Waals surface area contributed by atoms with E-state index in [1.54, 1.807) is 35.7 Å². The average Bonchev–Trinajstić information content (AvgIpc) is 3.48. The molecule has 0 aliphatic heterocycles. The molecule has 2 heterocycles. The van der Waals surface area contributed by atoms with Gasteiger partial charge in [0, 0.05) is 33.2 Å². The van der Waals surface area contributed by atoms with Crippen LogP contribution in [0.2, 0.25) is 5.02 Å². The summed E-state index contributed by atoms with van der Waals surface area (Å²) in [5.41, 5.74) is 4.18. The molecule has 0 radical (unpaired) electrons. The maximum absolute atomic E-state index is 12.8. The van der Waals surface area contributed by atoms with Crippen molar-refractivity contribution < 1.29 is 22.7 Å². The molecule has 2 aromatic heterocycles. The van der Waals surface area contributed by atoms with Gasteiger partial charge in [-0.2, -0.15) is 13.2 Å². The van der Waals surface area contributed by atoms with Crippen LogP contribution in [-0.4, -0.2) is 10.9 Å². The summed E-state index contributed by atoms with van der Waals surface area (Å²) in [6, 6.07) is 28.9. The number of fused-ring (bicyclic) bond motifs is 1. The Bertz CT molecular complexity index is 1970. The Morgan fingerprint density at radius 3 is 2.20 bits per heavy atom. The molecular formula is C35H22ClF3N2O2S. The third-order valence-corrected chi connectivity index (χ3v) is 8.01. The van der Waals surface area contributed by atoms with Crippen molar-refractivity contribution >= 4 is 50.7 Å². The molecular weight excluding hydrogens is 605 g/mol. The lowest BCUT2D eigenvalue weighted by molar-refractivity contribution is -0.137. The molecule has 1 N–H and O–H groups in total. The van der Waals surface area contributed by atoms with Crippen molar-refractivity contribution in [3.8, 4) is 33.9 Å². The normalized spacial score (nSPS) is 11.6. The number of rotatable bonds is 7. The van der Waals surface area contributed by atoms with E-state index in [9.17, 15) is 18.0 Å². The predicted octanol–water partition coefficient (Wildman–Crippen LogP) is 10.7. The highest BCUT2D eigenvalue weighted by Crippen LogP contribution is 2.33. The molecule has 0 aliphatic carbocycles. The molecule has 9 heteroatoms. The van der Waals surface area contributed by atoms with Gasteiger partial charge in [0.05, 0.1) is 11.3 Å². The number of benzene rings is 4. The van der Waals surface area contributed by atoms with Crippen molar-refractivity contribution in [1.29, 1.82) is 0 Å². The number of hydrogen-bond acceptors (Lipinski definition) is 4.